The van der Waals surface area contributed by atoms with Crippen molar-refractivity contribution in [1.29, 1.82) is 0 Å². The molecular weight excluding hydrogens is 620 g/mol. The maximum atomic E-state index is 14.8. The number of rotatable bonds is 3. The molecule has 8 heteroatoms. The van der Waals surface area contributed by atoms with Gasteiger partial charge < -0.3 is 0 Å². The fraction of sp³-hybridized carbons (Fsp3) is 0.0769. The van der Waals surface area contributed by atoms with E-state index in [1.165, 1.54) is 24.3 Å². The molecule has 0 N–H and O–H groups in total. The summed E-state index contributed by atoms with van der Waals surface area (Å²) in [6.45, 7) is 0. The molecule has 232 valence electrons. The second kappa shape index (κ2) is 9.88. The number of fused-ring (bicyclic) bond motifs is 2. The first-order chi connectivity index (χ1) is 22.4. The Morgan fingerprint density at radius 1 is 0.383 bits per heavy atom. The molecule has 0 spiro atoms. The van der Waals surface area contributed by atoms with E-state index in [1.54, 1.807) is 12.1 Å². The zero-order chi connectivity index (χ0) is 32.9. The number of halogens is 8. The van der Waals surface area contributed by atoms with E-state index in [9.17, 15) is 35.1 Å². The number of benzene rings is 8. The summed E-state index contributed by atoms with van der Waals surface area (Å²) in [5.74, 6) is -5.06. The molecule has 0 unspecified atom stereocenters. The fourth-order valence-electron chi connectivity index (χ4n) is 7.00. The molecule has 0 aliphatic rings. The fourth-order valence-corrected chi connectivity index (χ4v) is 7.00. The molecule has 0 nitrogen and oxygen atoms in total. The third kappa shape index (κ3) is 4.27. The Balaban J connectivity index is 1.46. The van der Waals surface area contributed by atoms with Crippen LogP contribution in [0.3, 0.4) is 0 Å². The minimum atomic E-state index is -5.77. The molecule has 0 radical (unpaired) electrons. The van der Waals surface area contributed by atoms with Crippen molar-refractivity contribution in [3.63, 3.8) is 0 Å². The Bertz CT molecular complexity index is 2450. The molecule has 0 atom stereocenters. The summed E-state index contributed by atoms with van der Waals surface area (Å²) in [6, 6.07) is 32.5. The Morgan fingerprint density at radius 2 is 0.851 bits per heavy atom. The average Bonchev–Trinajstić information content (AvgIpc) is 3.05. The van der Waals surface area contributed by atoms with Crippen molar-refractivity contribution < 1.29 is 35.1 Å². The van der Waals surface area contributed by atoms with Crippen molar-refractivity contribution in [2.75, 3.05) is 0 Å². The first kappa shape index (κ1) is 29.2. The predicted octanol–water partition coefficient (Wildman–Crippen LogP) is 12.9. The van der Waals surface area contributed by atoms with Crippen molar-refractivity contribution in [2.24, 2.45) is 0 Å². The monoisotopic (exact) mass is 640 g/mol. The summed E-state index contributed by atoms with van der Waals surface area (Å²) in [7, 11) is 0. The third-order valence-corrected chi connectivity index (χ3v) is 9.06. The molecule has 0 saturated carbocycles. The largest absolute Gasteiger partial charge is 0.458 e. The van der Waals surface area contributed by atoms with Crippen molar-refractivity contribution in [3.05, 3.63) is 132 Å². The van der Waals surface area contributed by atoms with Crippen LogP contribution in [0.4, 0.5) is 35.1 Å². The van der Waals surface area contributed by atoms with Crippen molar-refractivity contribution in [2.45, 2.75) is 18.3 Å². The summed E-state index contributed by atoms with van der Waals surface area (Å²) in [4.78, 5) is 0. The summed E-state index contributed by atoms with van der Waals surface area (Å²) in [5.41, 5.74) is 1.05. The van der Waals surface area contributed by atoms with Crippen molar-refractivity contribution in [3.8, 4) is 22.3 Å². The Kier molecular flexibility index (Phi) is 6.13. The Morgan fingerprint density at radius 3 is 1.38 bits per heavy atom. The lowest BCUT2D eigenvalue weighted by atomic mass is 9.83. The Labute approximate surface area is 261 Å². The van der Waals surface area contributed by atoms with Gasteiger partial charge in [-0.25, -0.2) is 0 Å². The van der Waals surface area contributed by atoms with E-state index in [0.29, 0.717) is 32.5 Å². The van der Waals surface area contributed by atoms with E-state index in [-0.39, 0.29) is 5.39 Å². The summed E-state index contributed by atoms with van der Waals surface area (Å²) in [6.07, 6.45) is -10.3. The highest BCUT2D eigenvalue weighted by molar-refractivity contribution is 6.29. The Hall–Kier alpha value is -5.24. The quantitative estimate of drug-likeness (QED) is 0.102. The van der Waals surface area contributed by atoms with Gasteiger partial charge in [0.15, 0.2) is 0 Å². The molecule has 0 amide bonds. The van der Waals surface area contributed by atoms with E-state index in [2.05, 4.69) is 0 Å². The topological polar surface area (TPSA) is 0 Å². The first-order valence-corrected chi connectivity index (χ1v) is 14.6. The minimum absolute atomic E-state index is 0.174. The molecule has 8 rings (SSSR count). The second-order valence-electron chi connectivity index (χ2n) is 11.6. The summed E-state index contributed by atoms with van der Waals surface area (Å²) in [5, 5.41) is 5.79. The van der Waals surface area contributed by atoms with Crippen LogP contribution in [-0.2, 0) is 12.1 Å². The molecule has 8 aromatic rings. The zero-order valence-electron chi connectivity index (χ0n) is 24.1. The van der Waals surface area contributed by atoms with Crippen LogP contribution in [0.25, 0.3) is 76.1 Å². The lowest BCUT2D eigenvalue weighted by Gasteiger charge is -2.23. The van der Waals surface area contributed by atoms with Gasteiger partial charge in [-0.3, -0.25) is 0 Å². The van der Waals surface area contributed by atoms with Gasteiger partial charge in [0.1, 0.15) is 0 Å². The van der Waals surface area contributed by atoms with Gasteiger partial charge in [-0.1, -0.05) is 109 Å². The normalized spacial score (nSPS) is 13.1. The molecule has 0 saturated heterocycles. The van der Waals surface area contributed by atoms with Gasteiger partial charge in [0, 0.05) is 5.56 Å². The third-order valence-electron chi connectivity index (χ3n) is 9.06. The molecule has 0 bridgehead atoms. The standard InChI is InChI=1S/C39H20F8/c40-37(41,39(45,46)47)32-20-14-23-11-17-29-30(18-12-22-13-19-31(32)35(23)34(22)29)36-27-7-3-1-5-25(27)33(26-6-2-4-8-28(26)36)21-9-15-24(16-10-21)38(42,43)44/h1-20H. The number of hydrogen-bond donors (Lipinski definition) is 0. The average molecular weight is 641 g/mol. The highest BCUT2D eigenvalue weighted by Gasteiger charge is 2.59. The van der Waals surface area contributed by atoms with Crippen LogP contribution in [-0.4, -0.2) is 6.18 Å². The van der Waals surface area contributed by atoms with E-state index in [4.69, 9.17) is 0 Å². The molecule has 8 aromatic carbocycles. The van der Waals surface area contributed by atoms with E-state index in [0.717, 1.165) is 56.4 Å². The summed E-state index contributed by atoms with van der Waals surface area (Å²) < 4.78 is 110. The van der Waals surface area contributed by atoms with Gasteiger partial charge in [-0.2, -0.15) is 35.1 Å². The molecule has 0 heterocycles. The lowest BCUT2D eigenvalue weighted by molar-refractivity contribution is -0.288. The predicted molar refractivity (Wildman–Crippen MR) is 171 cm³/mol. The smallest absolute Gasteiger partial charge is 0.191 e. The van der Waals surface area contributed by atoms with Crippen LogP contribution in [0.15, 0.2) is 121 Å². The first-order valence-electron chi connectivity index (χ1n) is 14.6. The van der Waals surface area contributed by atoms with Gasteiger partial charge in [0.05, 0.1) is 5.56 Å². The maximum absolute atomic E-state index is 14.8. The van der Waals surface area contributed by atoms with Gasteiger partial charge in [0.25, 0.3) is 0 Å². The van der Waals surface area contributed by atoms with Crippen LogP contribution in [0, 0.1) is 0 Å². The highest BCUT2D eigenvalue weighted by atomic mass is 19.4. The van der Waals surface area contributed by atoms with Crippen LogP contribution in [0.1, 0.15) is 11.1 Å². The number of alkyl halides is 8. The molecule has 0 aliphatic carbocycles. The van der Waals surface area contributed by atoms with Crippen molar-refractivity contribution in [1.82, 2.24) is 0 Å². The molecule has 47 heavy (non-hydrogen) atoms. The molecular formula is C39H20F8. The van der Waals surface area contributed by atoms with Gasteiger partial charge >= 0.3 is 18.3 Å². The van der Waals surface area contributed by atoms with Gasteiger partial charge in [-0.15, -0.1) is 0 Å². The minimum Gasteiger partial charge on any atom is -0.191 e. The van der Waals surface area contributed by atoms with Crippen molar-refractivity contribution >= 4 is 53.9 Å². The van der Waals surface area contributed by atoms with E-state index in [1.807, 2.05) is 66.7 Å². The second-order valence-corrected chi connectivity index (χ2v) is 11.6. The SMILES string of the molecule is FC(F)(F)c1ccc(-c2c3ccccc3c(-c3ccc4ccc5c(C(F)(F)C(F)(F)F)ccc6ccc3c4c65)c3ccccc23)cc1. The van der Waals surface area contributed by atoms with E-state index >= 15 is 0 Å². The molecule has 0 fully saturated rings. The highest BCUT2D eigenvalue weighted by Crippen LogP contribution is 2.50. The van der Waals surface area contributed by atoms with Crippen LogP contribution in [0.2, 0.25) is 0 Å². The summed E-state index contributed by atoms with van der Waals surface area (Å²) >= 11 is 0. The maximum Gasteiger partial charge on any atom is 0.458 e. The van der Waals surface area contributed by atoms with E-state index < -0.39 is 29.4 Å². The van der Waals surface area contributed by atoms with Gasteiger partial charge in [0.2, 0.25) is 0 Å². The van der Waals surface area contributed by atoms with Crippen LogP contribution < -0.4 is 0 Å². The lowest BCUT2D eigenvalue weighted by Crippen LogP contribution is -2.33. The van der Waals surface area contributed by atoms with Crippen LogP contribution >= 0.6 is 0 Å². The zero-order valence-corrected chi connectivity index (χ0v) is 24.1. The van der Waals surface area contributed by atoms with Crippen LogP contribution in [0.5, 0.6) is 0 Å². The molecule has 0 aliphatic heterocycles. The molecule has 0 aromatic heterocycles. The number of hydrogen-bond acceptors (Lipinski definition) is 0. The van der Waals surface area contributed by atoms with Gasteiger partial charge in [-0.05, 0) is 88.2 Å².